The number of hydrogen-bond acceptors (Lipinski definition) is 2. The molecule has 102 valence electrons. The second-order valence-corrected chi connectivity index (χ2v) is 5.44. The largest absolute Gasteiger partial charge is 0.481 e. The maximum atomic E-state index is 12.1. The lowest BCUT2D eigenvalue weighted by molar-refractivity contribution is -0.137. The SMILES string of the molecule is O=C(O)CC1CCCN1C(=O)Nc1ccc(Br)cc1. The molecule has 1 aromatic carbocycles. The van der Waals surface area contributed by atoms with Crippen molar-refractivity contribution in [3.63, 3.8) is 0 Å². The highest BCUT2D eigenvalue weighted by Crippen LogP contribution is 2.22. The Morgan fingerprint density at radius 2 is 2.05 bits per heavy atom. The molecule has 1 fully saturated rings. The number of aliphatic carboxylic acids is 1. The molecule has 1 unspecified atom stereocenters. The van der Waals surface area contributed by atoms with Gasteiger partial charge >= 0.3 is 12.0 Å². The zero-order valence-corrected chi connectivity index (χ0v) is 11.9. The Kier molecular flexibility index (Phi) is 4.42. The van der Waals surface area contributed by atoms with Crippen LogP contribution in [-0.4, -0.2) is 34.6 Å². The van der Waals surface area contributed by atoms with Crippen LogP contribution in [0, 0.1) is 0 Å². The van der Waals surface area contributed by atoms with E-state index in [1.165, 1.54) is 0 Å². The molecule has 1 aromatic rings. The summed E-state index contributed by atoms with van der Waals surface area (Å²) in [5.74, 6) is -0.867. The highest BCUT2D eigenvalue weighted by Gasteiger charge is 2.30. The molecule has 2 N–H and O–H groups in total. The van der Waals surface area contributed by atoms with Crippen molar-refractivity contribution in [2.24, 2.45) is 0 Å². The minimum atomic E-state index is -0.867. The van der Waals surface area contributed by atoms with E-state index >= 15 is 0 Å². The van der Waals surface area contributed by atoms with Crippen LogP contribution < -0.4 is 5.32 Å². The molecule has 0 spiro atoms. The van der Waals surface area contributed by atoms with Crippen molar-refractivity contribution in [3.05, 3.63) is 28.7 Å². The summed E-state index contributed by atoms with van der Waals surface area (Å²) >= 11 is 3.33. The smallest absolute Gasteiger partial charge is 0.322 e. The van der Waals surface area contributed by atoms with Gasteiger partial charge in [0.1, 0.15) is 0 Å². The quantitative estimate of drug-likeness (QED) is 0.897. The summed E-state index contributed by atoms with van der Waals surface area (Å²) < 4.78 is 0.940. The lowest BCUT2D eigenvalue weighted by atomic mass is 10.1. The van der Waals surface area contributed by atoms with Gasteiger partial charge in [-0.05, 0) is 37.1 Å². The topological polar surface area (TPSA) is 69.6 Å². The fraction of sp³-hybridized carbons (Fsp3) is 0.385. The first-order chi connectivity index (χ1) is 9.06. The average Bonchev–Trinajstić information content (AvgIpc) is 2.79. The van der Waals surface area contributed by atoms with Crippen LogP contribution in [0.25, 0.3) is 0 Å². The van der Waals surface area contributed by atoms with Crippen molar-refractivity contribution in [1.29, 1.82) is 0 Å². The molecule has 0 radical (unpaired) electrons. The van der Waals surface area contributed by atoms with Gasteiger partial charge < -0.3 is 15.3 Å². The molecule has 6 heteroatoms. The molecule has 0 aliphatic carbocycles. The molecule has 1 saturated heterocycles. The molecule has 1 aliphatic heterocycles. The van der Waals surface area contributed by atoms with Crippen molar-refractivity contribution in [2.45, 2.75) is 25.3 Å². The van der Waals surface area contributed by atoms with E-state index in [1.807, 2.05) is 12.1 Å². The third-order valence-corrected chi connectivity index (χ3v) is 3.67. The highest BCUT2D eigenvalue weighted by molar-refractivity contribution is 9.10. The lowest BCUT2D eigenvalue weighted by Gasteiger charge is -2.23. The van der Waals surface area contributed by atoms with Gasteiger partial charge in [0, 0.05) is 22.7 Å². The molecule has 0 saturated carbocycles. The lowest BCUT2D eigenvalue weighted by Crippen LogP contribution is -2.39. The summed E-state index contributed by atoms with van der Waals surface area (Å²) in [6.07, 6.45) is 1.61. The zero-order chi connectivity index (χ0) is 13.8. The monoisotopic (exact) mass is 326 g/mol. The predicted octanol–water partition coefficient (Wildman–Crippen LogP) is 2.92. The second-order valence-electron chi connectivity index (χ2n) is 4.52. The standard InChI is InChI=1S/C13H15BrN2O3/c14-9-3-5-10(6-4-9)15-13(19)16-7-1-2-11(16)8-12(17)18/h3-6,11H,1-2,7-8H2,(H,15,19)(H,17,18). The van der Waals surface area contributed by atoms with E-state index in [0.717, 1.165) is 17.3 Å². The average molecular weight is 327 g/mol. The Bertz CT molecular complexity index is 475. The number of nitrogens with zero attached hydrogens (tertiary/aromatic N) is 1. The summed E-state index contributed by atoms with van der Waals surface area (Å²) in [4.78, 5) is 24.5. The summed E-state index contributed by atoms with van der Waals surface area (Å²) in [6.45, 7) is 0.611. The molecule has 1 atom stereocenters. The zero-order valence-electron chi connectivity index (χ0n) is 10.3. The van der Waals surface area contributed by atoms with Crippen molar-refractivity contribution in [1.82, 2.24) is 4.90 Å². The van der Waals surface area contributed by atoms with Gasteiger partial charge in [-0.2, -0.15) is 0 Å². The summed E-state index contributed by atoms with van der Waals surface area (Å²) in [5, 5.41) is 11.6. The van der Waals surface area contributed by atoms with Crippen molar-refractivity contribution < 1.29 is 14.7 Å². The Balaban J connectivity index is 1.98. The molecule has 19 heavy (non-hydrogen) atoms. The highest BCUT2D eigenvalue weighted by atomic mass is 79.9. The van der Waals surface area contributed by atoms with Crippen LogP contribution in [-0.2, 0) is 4.79 Å². The number of amides is 2. The normalized spacial score (nSPS) is 18.4. The number of carboxylic acid groups (broad SMARTS) is 1. The number of rotatable bonds is 3. The van der Waals surface area contributed by atoms with Gasteiger partial charge in [-0.3, -0.25) is 4.79 Å². The van der Waals surface area contributed by atoms with E-state index in [4.69, 9.17) is 5.11 Å². The number of carbonyl (C=O) groups excluding carboxylic acids is 1. The van der Waals surface area contributed by atoms with E-state index < -0.39 is 5.97 Å². The minimum Gasteiger partial charge on any atom is -0.481 e. The molecule has 2 amide bonds. The number of halogens is 1. The van der Waals surface area contributed by atoms with Crippen LogP contribution in [0.2, 0.25) is 0 Å². The van der Waals surface area contributed by atoms with E-state index in [2.05, 4.69) is 21.2 Å². The molecule has 5 nitrogen and oxygen atoms in total. The van der Waals surface area contributed by atoms with Gasteiger partial charge in [0.05, 0.1) is 6.42 Å². The van der Waals surface area contributed by atoms with Gasteiger partial charge in [0.15, 0.2) is 0 Å². The number of hydrogen-bond donors (Lipinski definition) is 2. The second kappa shape index (κ2) is 6.06. The Morgan fingerprint density at radius 1 is 1.37 bits per heavy atom. The molecule has 2 rings (SSSR count). The van der Waals surface area contributed by atoms with Gasteiger partial charge in [-0.15, -0.1) is 0 Å². The Labute approximate surface area is 119 Å². The Morgan fingerprint density at radius 3 is 2.68 bits per heavy atom. The number of carboxylic acids is 1. The number of benzene rings is 1. The number of carbonyl (C=O) groups is 2. The number of anilines is 1. The third kappa shape index (κ3) is 3.70. The summed E-state index contributed by atoms with van der Waals surface area (Å²) in [5.41, 5.74) is 0.703. The molecule has 0 aromatic heterocycles. The number of likely N-dealkylation sites (tertiary alicyclic amines) is 1. The first-order valence-electron chi connectivity index (χ1n) is 6.11. The molecule has 1 aliphatic rings. The van der Waals surface area contributed by atoms with E-state index in [-0.39, 0.29) is 18.5 Å². The van der Waals surface area contributed by atoms with Gasteiger partial charge in [0.2, 0.25) is 0 Å². The van der Waals surface area contributed by atoms with Gasteiger partial charge in [-0.25, -0.2) is 4.79 Å². The first-order valence-corrected chi connectivity index (χ1v) is 6.90. The van der Waals surface area contributed by atoms with Crippen molar-refractivity contribution >= 4 is 33.6 Å². The van der Waals surface area contributed by atoms with Crippen molar-refractivity contribution in [2.75, 3.05) is 11.9 Å². The number of nitrogens with one attached hydrogen (secondary N) is 1. The maximum absolute atomic E-state index is 12.1. The number of urea groups is 1. The molecular weight excluding hydrogens is 312 g/mol. The predicted molar refractivity (Wildman–Crippen MR) is 75.1 cm³/mol. The maximum Gasteiger partial charge on any atom is 0.322 e. The van der Waals surface area contributed by atoms with Crippen LogP contribution >= 0.6 is 15.9 Å². The first kappa shape index (κ1) is 13.9. The van der Waals surface area contributed by atoms with Gasteiger partial charge in [0.25, 0.3) is 0 Å². The fourth-order valence-corrected chi connectivity index (χ4v) is 2.51. The third-order valence-electron chi connectivity index (χ3n) is 3.14. The summed E-state index contributed by atoms with van der Waals surface area (Å²) in [7, 11) is 0. The van der Waals surface area contributed by atoms with Crippen LogP contribution in [0.4, 0.5) is 10.5 Å². The van der Waals surface area contributed by atoms with E-state index in [9.17, 15) is 9.59 Å². The van der Waals surface area contributed by atoms with Crippen LogP contribution in [0.15, 0.2) is 28.7 Å². The molecule has 0 bridgehead atoms. The molecular formula is C13H15BrN2O3. The van der Waals surface area contributed by atoms with E-state index in [1.54, 1.807) is 17.0 Å². The fourth-order valence-electron chi connectivity index (χ4n) is 2.25. The van der Waals surface area contributed by atoms with Crippen LogP contribution in [0.3, 0.4) is 0 Å². The Hall–Kier alpha value is -1.56. The van der Waals surface area contributed by atoms with Crippen LogP contribution in [0.1, 0.15) is 19.3 Å². The van der Waals surface area contributed by atoms with Gasteiger partial charge in [-0.1, -0.05) is 15.9 Å². The van der Waals surface area contributed by atoms with Crippen molar-refractivity contribution in [3.8, 4) is 0 Å². The molecule has 1 heterocycles. The van der Waals surface area contributed by atoms with Crippen LogP contribution in [0.5, 0.6) is 0 Å². The minimum absolute atomic E-state index is 0.00770. The van der Waals surface area contributed by atoms with E-state index in [0.29, 0.717) is 12.2 Å². The summed E-state index contributed by atoms with van der Waals surface area (Å²) in [6, 6.07) is 6.84.